The molecular formula is C30H23. The Morgan fingerprint density at radius 2 is 0.867 bits per heavy atom. The molecule has 0 fully saturated rings. The van der Waals surface area contributed by atoms with Crippen LogP contribution < -0.4 is 0 Å². The summed E-state index contributed by atoms with van der Waals surface area (Å²) >= 11 is 0. The van der Waals surface area contributed by atoms with Crippen LogP contribution in [0.25, 0.3) is 36.5 Å². The monoisotopic (exact) mass is 383 g/mol. The first-order chi connectivity index (χ1) is 14.9. The number of hydrogen-bond acceptors (Lipinski definition) is 0. The molecule has 1 radical (unpaired) electrons. The molecule has 0 saturated heterocycles. The fourth-order valence-corrected chi connectivity index (χ4v) is 3.17. The van der Waals surface area contributed by atoms with Crippen LogP contribution in [0, 0.1) is 6.07 Å². The van der Waals surface area contributed by atoms with E-state index in [-0.39, 0.29) is 0 Å². The van der Waals surface area contributed by atoms with Gasteiger partial charge in [-0.15, -0.1) is 0 Å². The molecule has 143 valence electrons. The number of hydrogen-bond donors (Lipinski definition) is 0. The van der Waals surface area contributed by atoms with Crippen molar-refractivity contribution in [2.45, 2.75) is 0 Å². The topological polar surface area (TPSA) is 0 Å². The Balaban J connectivity index is 1.65. The zero-order valence-electron chi connectivity index (χ0n) is 16.8. The smallest absolute Gasteiger partial charge is 0.00930 e. The van der Waals surface area contributed by atoms with E-state index in [1.54, 1.807) is 0 Å². The SMILES string of the molecule is [c]1cc(/C=C/c2ccccc2)cc(/C=C/c2ccccc2)c1/C=C/c1ccccc1. The average Bonchev–Trinajstić information content (AvgIpc) is 2.82. The minimum Gasteiger partial charge on any atom is -0.0622 e. The zero-order chi connectivity index (χ0) is 20.4. The molecule has 0 heteroatoms. The molecule has 0 saturated carbocycles. The zero-order valence-corrected chi connectivity index (χ0v) is 16.8. The van der Waals surface area contributed by atoms with Crippen molar-refractivity contribution >= 4 is 36.5 Å². The Hall–Kier alpha value is -3.90. The first-order valence-corrected chi connectivity index (χ1v) is 10.1. The summed E-state index contributed by atoms with van der Waals surface area (Å²) < 4.78 is 0. The third kappa shape index (κ3) is 5.56. The summed E-state index contributed by atoms with van der Waals surface area (Å²) in [5, 5.41) is 0. The van der Waals surface area contributed by atoms with E-state index in [2.05, 4.69) is 121 Å². The summed E-state index contributed by atoms with van der Waals surface area (Å²) in [6, 6.07) is 38.8. The van der Waals surface area contributed by atoms with Gasteiger partial charge in [0.05, 0.1) is 0 Å². The summed E-state index contributed by atoms with van der Waals surface area (Å²) in [7, 11) is 0. The third-order valence-electron chi connectivity index (χ3n) is 4.79. The average molecular weight is 384 g/mol. The molecule has 0 aromatic heterocycles. The minimum absolute atomic E-state index is 1.07. The lowest BCUT2D eigenvalue weighted by Gasteiger charge is -2.04. The van der Waals surface area contributed by atoms with Crippen molar-refractivity contribution in [2.75, 3.05) is 0 Å². The Labute approximate surface area is 179 Å². The molecular weight excluding hydrogens is 360 g/mol. The molecule has 0 unspecified atom stereocenters. The van der Waals surface area contributed by atoms with E-state index in [0.717, 1.165) is 16.7 Å². The van der Waals surface area contributed by atoms with Gasteiger partial charge in [0, 0.05) is 0 Å². The van der Waals surface area contributed by atoms with Crippen molar-refractivity contribution in [3.63, 3.8) is 0 Å². The van der Waals surface area contributed by atoms with Gasteiger partial charge in [-0.1, -0.05) is 127 Å². The van der Waals surface area contributed by atoms with Crippen LogP contribution in [0.15, 0.2) is 103 Å². The van der Waals surface area contributed by atoms with E-state index in [1.807, 2.05) is 24.3 Å². The molecule has 4 aromatic rings. The Kier molecular flexibility index (Phi) is 6.50. The molecule has 0 bridgehead atoms. The molecule has 4 aromatic carbocycles. The van der Waals surface area contributed by atoms with Crippen LogP contribution in [0.4, 0.5) is 0 Å². The molecule has 0 aliphatic heterocycles. The maximum Gasteiger partial charge on any atom is -0.00930 e. The highest BCUT2D eigenvalue weighted by molar-refractivity contribution is 5.81. The van der Waals surface area contributed by atoms with E-state index in [4.69, 9.17) is 0 Å². The van der Waals surface area contributed by atoms with Gasteiger partial charge in [-0.25, -0.2) is 0 Å². The maximum absolute atomic E-state index is 3.46. The van der Waals surface area contributed by atoms with Crippen molar-refractivity contribution in [3.05, 3.63) is 143 Å². The predicted octanol–water partition coefficient (Wildman–Crippen LogP) is 8.00. The quantitative estimate of drug-likeness (QED) is 0.296. The number of benzene rings is 4. The standard InChI is InChI=1S/C30H23/c1-4-10-25(11-5-1)16-17-28-20-22-29(21-18-26-12-6-2-7-13-26)30(24-28)23-19-27-14-8-3-9-15-27/h1-21,23-24H/b17-16+,21-18+,23-19+. The normalized spacial score (nSPS) is 11.6. The summed E-state index contributed by atoms with van der Waals surface area (Å²) in [5.74, 6) is 0. The molecule has 0 N–H and O–H groups in total. The van der Waals surface area contributed by atoms with Gasteiger partial charge in [0.25, 0.3) is 0 Å². The molecule has 4 rings (SSSR count). The highest BCUT2D eigenvalue weighted by atomic mass is 14.0. The summed E-state index contributed by atoms with van der Waals surface area (Å²) in [5.41, 5.74) is 6.89. The van der Waals surface area contributed by atoms with Crippen LogP contribution in [0.3, 0.4) is 0 Å². The third-order valence-corrected chi connectivity index (χ3v) is 4.79. The second-order valence-corrected chi connectivity index (χ2v) is 7.03. The second-order valence-electron chi connectivity index (χ2n) is 7.03. The molecule has 0 aliphatic rings. The lowest BCUT2D eigenvalue weighted by Crippen LogP contribution is -1.84. The molecule has 0 atom stereocenters. The minimum atomic E-state index is 1.07. The van der Waals surface area contributed by atoms with Gasteiger partial charge in [0.15, 0.2) is 0 Å². The molecule has 0 heterocycles. The first-order valence-electron chi connectivity index (χ1n) is 10.1. The van der Waals surface area contributed by atoms with Gasteiger partial charge < -0.3 is 0 Å². The van der Waals surface area contributed by atoms with Gasteiger partial charge >= 0.3 is 0 Å². The Bertz CT molecular complexity index is 1150. The summed E-state index contributed by atoms with van der Waals surface area (Å²) in [4.78, 5) is 0. The van der Waals surface area contributed by atoms with Crippen LogP contribution in [-0.2, 0) is 0 Å². The van der Waals surface area contributed by atoms with Crippen molar-refractivity contribution in [2.24, 2.45) is 0 Å². The fourth-order valence-electron chi connectivity index (χ4n) is 3.17. The van der Waals surface area contributed by atoms with E-state index >= 15 is 0 Å². The van der Waals surface area contributed by atoms with Crippen LogP contribution in [0.1, 0.15) is 33.4 Å². The van der Waals surface area contributed by atoms with Gasteiger partial charge in [-0.3, -0.25) is 0 Å². The predicted molar refractivity (Wildman–Crippen MR) is 131 cm³/mol. The Morgan fingerprint density at radius 3 is 1.40 bits per heavy atom. The highest BCUT2D eigenvalue weighted by Crippen LogP contribution is 2.20. The molecule has 0 nitrogen and oxygen atoms in total. The van der Waals surface area contributed by atoms with E-state index < -0.39 is 0 Å². The highest BCUT2D eigenvalue weighted by Gasteiger charge is 1.99. The van der Waals surface area contributed by atoms with E-state index in [0.29, 0.717) is 0 Å². The molecule has 0 aliphatic carbocycles. The molecule has 30 heavy (non-hydrogen) atoms. The lowest BCUT2D eigenvalue weighted by molar-refractivity contribution is 1.56. The van der Waals surface area contributed by atoms with Gasteiger partial charge in [-0.05, 0) is 51.6 Å². The van der Waals surface area contributed by atoms with Crippen molar-refractivity contribution in [1.29, 1.82) is 0 Å². The Morgan fingerprint density at radius 1 is 0.433 bits per heavy atom. The van der Waals surface area contributed by atoms with Crippen LogP contribution in [0.2, 0.25) is 0 Å². The van der Waals surface area contributed by atoms with Crippen molar-refractivity contribution < 1.29 is 0 Å². The number of rotatable bonds is 6. The van der Waals surface area contributed by atoms with Crippen molar-refractivity contribution in [1.82, 2.24) is 0 Å². The van der Waals surface area contributed by atoms with Crippen molar-refractivity contribution in [3.8, 4) is 0 Å². The van der Waals surface area contributed by atoms with Crippen LogP contribution >= 0.6 is 0 Å². The largest absolute Gasteiger partial charge is 0.0622 e. The van der Waals surface area contributed by atoms with Gasteiger partial charge in [0.2, 0.25) is 0 Å². The lowest BCUT2D eigenvalue weighted by atomic mass is 10.0. The second kappa shape index (κ2) is 10.0. The van der Waals surface area contributed by atoms with E-state index in [1.165, 1.54) is 16.7 Å². The molecule has 0 amide bonds. The van der Waals surface area contributed by atoms with Crippen LogP contribution in [-0.4, -0.2) is 0 Å². The fraction of sp³-hybridized carbons (Fsp3) is 0. The van der Waals surface area contributed by atoms with E-state index in [9.17, 15) is 0 Å². The first kappa shape index (κ1) is 19.4. The van der Waals surface area contributed by atoms with Gasteiger partial charge in [0.1, 0.15) is 0 Å². The van der Waals surface area contributed by atoms with Gasteiger partial charge in [-0.2, -0.15) is 0 Å². The summed E-state index contributed by atoms with van der Waals surface area (Å²) in [6.45, 7) is 0. The maximum atomic E-state index is 3.46. The van der Waals surface area contributed by atoms with Crippen LogP contribution in [0.5, 0.6) is 0 Å². The summed E-state index contributed by atoms with van der Waals surface area (Å²) in [6.07, 6.45) is 12.8. The molecule has 0 spiro atoms.